The molecule has 1 aromatic heterocycles. The Morgan fingerprint density at radius 2 is 1.46 bits per heavy atom. The van der Waals surface area contributed by atoms with Crippen LogP contribution >= 0.6 is 0 Å². The minimum Gasteiger partial charge on any atom is -0.335 e. The van der Waals surface area contributed by atoms with Crippen LogP contribution < -0.4 is 4.90 Å². The van der Waals surface area contributed by atoms with Gasteiger partial charge >= 0.3 is 11.8 Å². The number of nitrogens with zero attached hydrogens (tertiary/aromatic N) is 5. The van der Waals surface area contributed by atoms with E-state index >= 15 is 0 Å². The SMILES string of the molecule is O=C(C(=O)N1CCN(c2noc(-c3ccccc3)n2)CC1)N1CCCC1. The first kappa shape index (κ1) is 16.6. The molecule has 0 unspecified atom stereocenters. The third kappa shape index (κ3) is 3.26. The zero-order valence-corrected chi connectivity index (χ0v) is 14.5. The number of hydrogen-bond acceptors (Lipinski definition) is 6. The van der Waals surface area contributed by atoms with Crippen LogP contribution in [0, 0.1) is 0 Å². The van der Waals surface area contributed by atoms with Gasteiger partial charge in [0.1, 0.15) is 0 Å². The van der Waals surface area contributed by atoms with Gasteiger partial charge in [0, 0.05) is 44.8 Å². The fourth-order valence-electron chi connectivity index (χ4n) is 3.34. The van der Waals surface area contributed by atoms with Crippen molar-refractivity contribution >= 4 is 17.8 Å². The lowest BCUT2D eigenvalue weighted by molar-refractivity contribution is -0.151. The average molecular weight is 355 g/mol. The van der Waals surface area contributed by atoms with Gasteiger partial charge in [0.25, 0.3) is 11.8 Å². The first-order valence-electron chi connectivity index (χ1n) is 8.94. The second-order valence-corrected chi connectivity index (χ2v) is 6.54. The van der Waals surface area contributed by atoms with Crippen LogP contribution in [0.3, 0.4) is 0 Å². The van der Waals surface area contributed by atoms with Crippen molar-refractivity contribution in [3.8, 4) is 11.5 Å². The maximum atomic E-state index is 12.4. The summed E-state index contributed by atoms with van der Waals surface area (Å²) < 4.78 is 5.34. The molecule has 2 aliphatic heterocycles. The molecule has 2 fully saturated rings. The molecule has 0 aliphatic carbocycles. The van der Waals surface area contributed by atoms with E-state index in [1.54, 1.807) is 9.80 Å². The molecule has 2 saturated heterocycles. The Balaban J connectivity index is 1.36. The van der Waals surface area contributed by atoms with Gasteiger partial charge in [-0.05, 0) is 30.1 Å². The van der Waals surface area contributed by atoms with E-state index in [-0.39, 0.29) is 5.91 Å². The predicted octanol–water partition coefficient (Wildman–Crippen LogP) is 1.01. The predicted molar refractivity (Wildman–Crippen MR) is 94.3 cm³/mol. The van der Waals surface area contributed by atoms with Gasteiger partial charge < -0.3 is 19.2 Å². The first-order valence-corrected chi connectivity index (χ1v) is 8.94. The molecule has 26 heavy (non-hydrogen) atoms. The highest BCUT2D eigenvalue weighted by molar-refractivity contribution is 6.35. The summed E-state index contributed by atoms with van der Waals surface area (Å²) in [5, 5.41) is 4.05. The molecule has 0 saturated carbocycles. The molecule has 136 valence electrons. The number of amides is 2. The highest BCUT2D eigenvalue weighted by atomic mass is 16.5. The largest absolute Gasteiger partial charge is 0.335 e. The van der Waals surface area contributed by atoms with Crippen LogP contribution in [0.15, 0.2) is 34.9 Å². The standard InChI is InChI=1S/C18H21N5O3/c24-16(21-8-4-5-9-21)17(25)22-10-12-23(13-11-22)18-19-15(26-20-18)14-6-2-1-3-7-14/h1-3,6-7H,4-5,8-13H2. The van der Waals surface area contributed by atoms with E-state index in [1.807, 2.05) is 35.2 Å². The zero-order valence-electron chi connectivity index (χ0n) is 14.5. The number of anilines is 1. The van der Waals surface area contributed by atoms with E-state index < -0.39 is 5.91 Å². The Kier molecular flexibility index (Phi) is 4.55. The highest BCUT2D eigenvalue weighted by Gasteiger charge is 2.31. The molecule has 3 heterocycles. The second kappa shape index (κ2) is 7.15. The molecule has 0 atom stereocenters. The summed E-state index contributed by atoms with van der Waals surface area (Å²) in [7, 11) is 0. The number of carbonyl (C=O) groups excluding carboxylic acids is 2. The maximum Gasteiger partial charge on any atom is 0.312 e. The van der Waals surface area contributed by atoms with Crippen molar-refractivity contribution in [2.75, 3.05) is 44.2 Å². The van der Waals surface area contributed by atoms with Crippen molar-refractivity contribution < 1.29 is 14.1 Å². The van der Waals surface area contributed by atoms with Crippen LogP contribution in [0.5, 0.6) is 0 Å². The van der Waals surface area contributed by atoms with E-state index in [2.05, 4.69) is 10.1 Å². The number of piperazine rings is 1. The summed E-state index contributed by atoms with van der Waals surface area (Å²) in [4.78, 5) is 34.3. The molecular weight excluding hydrogens is 334 g/mol. The van der Waals surface area contributed by atoms with Gasteiger partial charge in [-0.15, -0.1) is 0 Å². The summed E-state index contributed by atoms with van der Waals surface area (Å²) in [5.74, 6) is 0.219. The Morgan fingerprint density at radius 3 is 2.12 bits per heavy atom. The quantitative estimate of drug-likeness (QED) is 0.748. The van der Waals surface area contributed by atoms with Crippen LogP contribution in [0.2, 0.25) is 0 Å². The molecule has 8 nitrogen and oxygen atoms in total. The summed E-state index contributed by atoms with van der Waals surface area (Å²) in [5.41, 5.74) is 0.872. The normalized spacial score (nSPS) is 17.6. The fraction of sp³-hybridized carbons (Fsp3) is 0.444. The lowest BCUT2D eigenvalue weighted by Crippen LogP contribution is -2.53. The summed E-state index contributed by atoms with van der Waals surface area (Å²) in [6, 6.07) is 9.60. The summed E-state index contributed by atoms with van der Waals surface area (Å²) in [6.07, 6.45) is 1.96. The van der Waals surface area contributed by atoms with Crippen LogP contribution in [0.4, 0.5) is 5.95 Å². The van der Waals surface area contributed by atoms with Gasteiger partial charge in [0.2, 0.25) is 0 Å². The van der Waals surface area contributed by atoms with E-state index in [1.165, 1.54) is 0 Å². The lowest BCUT2D eigenvalue weighted by atomic mass is 10.2. The molecule has 2 aliphatic rings. The Labute approximate surface area is 151 Å². The van der Waals surface area contributed by atoms with Gasteiger partial charge in [0.15, 0.2) is 0 Å². The fourth-order valence-corrected chi connectivity index (χ4v) is 3.34. The van der Waals surface area contributed by atoms with Crippen LogP contribution in [-0.4, -0.2) is 71.0 Å². The van der Waals surface area contributed by atoms with E-state index in [0.29, 0.717) is 51.1 Å². The molecule has 0 radical (unpaired) electrons. The molecular formula is C18H21N5O3. The van der Waals surface area contributed by atoms with Gasteiger partial charge in [0.05, 0.1) is 0 Å². The Hall–Kier alpha value is -2.90. The minimum atomic E-state index is -0.398. The van der Waals surface area contributed by atoms with Crippen molar-refractivity contribution in [3.63, 3.8) is 0 Å². The number of carbonyl (C=O) groups is 2. The van der Waals surface area contributed by atoms with Gasteiger partial charge in [-0.25, -0.2) is 0 Å². The van der Waals surface area contributed by atoms with Crippen LogP contribution in [-0.2, 0) is 9.59 Å². The Bertz CT molecular complexity index is 777. The summed E-state index contributed by atoms with van der Waals surface area (Å²) >= 11 is 0. The molecule has 0 spiro atoms. The monoisotopic (exact) mass is 355 g/mol. The van der Waals surface area contributed by atoms with Crippen molar-refractivity contribution in [2.45, 2.75) is 12.8 Å². The molecule has 1 aromatic carbocycles. The molecule has 0 N–H and O–H groups in total. The topological polar surface area (TPSA) is 82.8 Å². The van der Waals surface area contributed by atoms with Crippen molar-refractivity contribution in [1.82, 2.24) is 19.9 Å². The zero-order chi connectivity index (χ0) is 17.9. The minimum absolute atomic E-state index is 0.373. The second-order valence-electron chi connectivity index (χ2n) is 6.54. The molecule has 2 amide bonds. The van der Waals surface area contributed by atoms with Gasteiger partial charge in [-0.2, -0.15) is 4.98 Å². The number of benzene rings is 1. The smallest absolute Gasteiger partial charge is 0.312 e. The third-order valence-electron chi connectivity index (χ3n) is 4.86. The van der Waals surface area contributed by atoms with E-state index in [9.17, 15) is 9.59 Å². The summed E-state index contributed by atoms with van der Waals surface area (Å²) in [6.45, 7) is 3.49. The van der Waals surface area contributed by atoms with Gasteiger partial charge in [-0.3, -0.25) is 9.59 Å². The van der Waals surface area contributed by atoms with Crippen molar-refractivity contribution in [3.05, 3.63) is 30.3 Å². The molecule has 8 heteroatoms. The molecule has 2 aromatic rings. The molecule has 4 rings (SSSR count). The van der Waals surface area contributed by atoms with E-state index in [4.69, 9.17) is 4.52 Å². The third-order valence-corrected chi connectivity index (χ3v) is 4.86. The highest BCUT2D eigenvalue weighted by Crippen LogP contribution is 2.21. The number of rotatable bonds is 2. The number of hydrogen-bond donors (Lipinski definition) is 0. The Morgan fingerprint density at radius 1 is 0.846 bits per heavy atom. The number of aromatic nitrogens is 2. The van der Waals surface area contributed by atoms with Crippen LogP contribution in [0.1, 0.15) is 12.8 Å². The lowest BCUT2D eigenvalue weighted by Gasteiger charge is -2.34. The van der Waals surface area contributed by atoms with Crippen LogP contribution in [0.25, 0.3) is 11.5 Å². The number of likely N-dealkylation sites (tertiary alicyclic amines) is 1. The maximum absolute atomic E-state index is 12.4. The van der Waals surface area contributed by atoms with Crippen molar-refractivity contribution in [2.24, 2.45) is 0 Å². The van der Waals surface area contributed by atoms with Gasteiger partial charge in [-0.1, -0.05) is 18.2 Å². The van der Waals surface area contributed by atoms with Crippen molar-refractivity contribution in [1.29, 1.82) is 0 Å². The van der Waals surface area contributed by atoms with E-state index in [0.717, 1.165) is 18.4 Å². The average Bonchev–Trinajstić information content (AvgIpc) is 3.40. The molecule has 0 bridgehead atoms. The first-order chi connectivity index (χ1) is 12.7.